The van der Waals surface area contributed by atoms with Gasteiger partial charge < -0.3 is 9.47 Å². The van der Waals surface area contributed by atoms with Crippen molar-refractivity contribution in [2.45, 2.75) is 12.7 Å². The molecule has 14 heavy (non-hydrogen) atoms. The molecule has 0 aliphatic carbocycles. The summed E-state index contributed by atoms with van der Waals surface area (Å²) in [5.74, 6) is -0.00583. The summed E-state index contributed by atoms with van der Waals surface area (Å²) in [5.41, 5.74) is 0.997. The molecule has 1 aromatic rings. The lowest BCUT2D eigenvalue weighted by molar-refractivity contribution is -0.143. The van der Waals surface area contributed by atoms with Crippen molar-refractivity contribution in [2.75, 3.05) is 13.2 Å². The molecular formula is C11H12O3. The van der Waals surface area contributed by atoms with Gasteiger partial charge in [-0.05, 0) is 5.56 Å². The van der Waals surface area contributed by atoms with Gasteiger partial charge in [-0.1, -0.05) is 30.3 Å². The Bertz CT molecular complexity index is 302. The van der Waals surface area contributed by atoms with Gasteiger partial charge in [0.1, 0.15) is 0 Å². The maximum Gasteiger partial charge on any atom is 0.218 e. The van der Waals surface area contributed by atoms with E-state index in [1.807, 2.05) is 30.3 Å². The van der Waals surface area contributed by atoms with Crippen LogP contribution in [0, 0.1) is 0 Å². The summed E-state index contributed by atoms with van der Waals surface area (Å²) in [6.45, 7) is 1.04. The van der Waals surface area contributed by atoms with Gasteiger partial charge in [0.2, 0.25) is 6.29 Å². The average Bonchev–Trinajstić information content (AvgIpc) is 2.72. The molecule has 0 aromatic heterocycles. The van der Waals surface area contributed by atoms with Crippen LogP contribution in [0.3, 0.4) is 0 Å². The summed E-state index contributed by atoms with van der Waals surface area (Å²) in [5, 5.41) is 0. The first-order valence-electron chi connectivity index (χ1n) is 4.66. The average molecular weight is 192 g/mol. The normalized spacial score (nSPS) is 17.1. The van der Waals surface area contributed by atoms with Gasteiger partial charge in [-0.2, -0.15) is 0 Å². The second-order valence-electron chi connectivity index (χ2n) is 3.20. The van der Waals surface area contributed by atoms with E-state index >= 15 is 0 Å². The smallest absolute Gasteiger partial charge is 0.218 e. The highest BCUT2D eigenvalue weighted by Crippen LogP contribution is 2.09. The van der Waals surface area contributed by atoms with Gasteiger partial charge in [0.25, 0.3) is 0 Å². The van der Waals surface area contributed by atoms with Gasteiger partial charge in [0.15, 0.2) is 5.78 Å². The lowest BCUT2D eigenvalue weighted by Gasteiger charge is -2.07. The fourth-order valence-electron chi connectivity index (χ4n) is 1.42. The number of carbonyl (C=O) groups excluding carboxylic acids is 1. The zero-order chi connectivity index (χ0) is 9.80. The lowest BCUT2D eigenvalue weighted by atomic mass is 10.1. The topological polar surface area (TPSA) is 35.5 Å². The summed E-state index contributed by atoms with van der Waals surface area (Å²) in [6.07, 6.45) is -0.263. The van der Waals surface area contributed by atoms with Crippen LogP contribution in [0.25, 0.3) is 0 Å². The minimum Gasteiger partial charge on any atom is -0.344 e. The molecule has 3 nitrogen and oxygen atoms in total. The highest BCUT2D eigenvalue weighted by Gasteiger charge is 2.23. The van der Waals surface area contributed by atoms with E-state index in [2.05, 4.69) is 0 Å². The molecular weight excluding hydrogens is 180 g/mol. The molecule has 2 rings (SSSR count). The van der Waals surface area contributed by atoms with Crippen LogP contribution in [0.15, 0.2) is 30.3 Å². The van der Waals surface area contributed by atoms with Crippen LogP contribution in [-0.4, -0.2) is 25.3 Å². The number of ether oxygens (including phenoxy) is 2. The summed E-state index contributed by atoms with van der Waals surface area (Å²) < 4.78 is 10.2. The van der Waals surface area contributed by atoms with Gasteiger partial charge in [-0.15, -0.1) is 0 Å². The monoisotopic (exact) mass is 192 g/mol. The van der Waals surface area contributed by atoms with Gasteiger partial charge in [-0.25, -0.2) is 0 Å². The van der Waals surface area contributed by atoms with Gasteiger partial charge in [-0.3, -0.25) is 4.79 Å². The molecule has 1 heterocycles. The Morgan fingerprint density at radius 3 is 2.50 bits per heavy atom. The van der Waals surface area contributed by atoms with Crippen LogP contribution in [0.5, 0.6) is 0 Å². The molecule has 1 saturated heterocycles. The highest BCUT2D eigenvalue weighted by atomic mass is 16.7. The third-order valence-corrected chi connectivity index (χ3v) is 2.11. The molecule has 0 atom stereocenters. The SMILES string of the molecule is O=C(Cc1ccccc1)C1OCCO1. The van der Waals surface area contributed by atoms with Crippen LogP contribution in [0.4, 0.5) is 0 Å². The number of hydrogen-bond acceptors (Lipinski definition) is 3. The van der Waals surface area contributed by atoms with Crippen LogP contribution in [0.1, 0.15) is 5.56 Å². The van der Waals surface area contributed by atoms with Crippen LogP contribution in [0.2, 0.25) is 0 Å². The van der Waals surface area contributed by atoms with Crippen molar-refractivity contribution in [3.63, 3.8) is 0 Å². The number of carbonyl (C=O) groups is 1. The van der Waals surface area contributed by atoms with Crippen molar-refractivity contribution in [3.05, 3.63) is 35.9 Å². The van der Waals surface area contributed by atoms with Crippen molar-refractivity contribution in [2.24, 2.45) is 0 Å². The van der Waals surface area contributed by atoms with E-state index in [-0.39, 0.29) is 5.78 Å². The predicted octanol–water partition coefficient (Wildman–Crippen LogP) is 1.17. The maximum atomic E-state index is 11.6. The molecule has 0 N–H and O–H groups in total. The quantitative estimate of drug-likeness (QED) is 0.721. The molecule has 1 aliphatic heterocycles. The third-order valence-electron chi connectivity index (χ3n) is 2.11. The highest BCUT2D eigenvalue weighted by molar-refractivity contribution is 5.84. The molecule has 0 amide bonds. The van der Waals surface area contributed by atoms with Crippen molar-refractivity contribution in [1.29, 1.82) is 0 Å². The predicted molar refractivity (Wildman–Crippen MR) is 50.8 cm³/mol. The Kier molecular flexibility index (Phi) is 2.91. The summed E-state index contributed by atoms with van der Waals surface area (Å²) in [7, 11) is 0. The van der Waals surface area contributed by atoms with Crippen LogP contribution >= 0.6 is 0 Å². The van der Waals surface area contributed by atoms with E-state index < -0.39 is 6.29 Å². The Morgan fingerprint density at radius 2 is 1.86 bits per heavy atom. The summed E-state index contributed by atoms with van der Waals surface area (Å²) in [6, 6.07) is 9.61. The summed E-state index contributed by atoms with van der Waals surface area (Å²) >= 11 is 0. The Balaban J connectivity index is 1.94. The van der Waals surface area contributed by atoms with Gasteiger partial charge in [0.05, 0.1) is 13.2 Å². The number of benzene rings is 1. The van der Waals surface area contributed by atoms with E-state index in [9.17, 15) is 4.79 Å². The fraction of sp³-hybridized carbons (Fsp3) is 0.364. The molecule has 0 bridgehead atoms. The van der Waals surface area contributed by atoms with Gasteiger partial charge in [0, 0.05) is 6.42 Å². The first-order valence-corrected chi connectivity index (χ1v) is 4.66. The van der Waals surface area contributed by atoms with Crippen molar-refractivity contribution < 1.29 is 14.3 Å². The minimum absolute atomic E-state index is 0.00583. The molecule has 0 saturated carbocycles. The van der Waals surface area contributed by atoms with E-state index in [0.717, 1.165) is 5.56 Å². The maximum absolute atomic E-state index is 11.6. The van der Waals surface area contributed by atoms with E-state index in [0.29, 0.717) is 19.6 Å². The standard InChI is InChI=1S/C11H12O3/c12-10(11-13-6-7-14-11)8-9-4-2-1-3-5-9/h1-5,11H,6-8H2. The van der Waals surface area contributed by atoms with Crippen molar-refractivity contribution in [3.8, 4) is 0 Å². The van der Waals surface area contributed by atoms with Gasteiger partial charge >= 0.3 is 0 Å². The number of Topliss-reactive ketones (excluding diaryl/α,β-unsaturated/α-hetero) is 1. The van der Waals surface area contributed by atoms with Crippen LogP contribution in [-0.2, 0) is 20.7 Å². The number of rotatable bonds is 3. The molecule has 1 aliphatic rings. The summed E-state index contributed by atoms with van der Waals surface area (Å²) in [4.78, 5) is 11.6. The lowest BCUT2D eigenvalue weighted by Crippen LogP contribution is -2.23. The zero-order valence-electron chi connectivity index (χ0n) is 7.81. The molecule has 0 unspecified atom stereocenters. The molecule has 3 heteroatoms. The second-order valence-corrected chi connectivity index (χ2v) is 3.20. The Morgan fingerprint density at radius 1 is 1.21 bits per heavy atom. The molecule has 0 spiro atoms. The minimum atomic E-state index is -0.643. The fourth-order valence-corrected chi connectivity index (χ4v) is 1.42. The first kappa shape index (κ1) is 9.37. The largest absolute Gasteiger partial charge is 0.344 e. The number of ketones is 1. The number of hydrogen-bond donors (Lipinski definition) is 0. The van der Waals surface area contributed by atoms with Crippen LogP contribution < -0.4 is 0 Å². The zero-order valence-corrected chi connectivity index (χ0v) is 7.81. The van der Waals surface area contributed by atoms with E-state index in [1.54, 1.807) is 0 Å². The third kappa shape index (κ3) is 2.19. The molecule has 74 valence electrons. The van der Waals surface area contributed by atoms with E-state index in [1.165, 1.54) is 0 Å². The molecule has 0 radical (unpaired) electrons. The van der Waals surface area contributed by atoms with Crippen molar-refractivity contribution in [1.82, 2.24) is 0 Å². The second kappa shape index (κ2) is 4.35. The molecule has 1 aromatic carbocycles. The first-order chi connectivity index (χ1) is 6.86. The Hall–Kier alpha value is -1.19. The molecule has 1 fully saturated rings. The van der Waals surface area contributed by atoms with Crippen molar-refractivity contribution >= 4 is 5.78 Å². The van der Waals surface area contributed by atoms with E-state index in [4.69, 9.17) is 9.47 Å². The Labute approximate surface area is 82.6 Å².